The fourth-order valence-corrected chi connectivity index (χ4v) is 2.88. The van der Waals surface area contributed by atoms with E-state index in [2.05, 4.69) is 20.3 Å². The van der Waals surface area contributed by atoms with Gasteiger partial charge in [-0.05, 0) is 31.2 Å². The average molecular weight is 322 g/mol. The summed E-state index contributed by atoms with van der Waals surface area (Å²) in [5.74, 6) is -1.48. The standard InChI is InChI=1S/C15H16F2N4O2/c1-21-6-4-12(18-15(22)19-13-5-7-23-20-13)14(21)9-2-3-10(16)11(17)8-9/h2-3,5,7-8,12,14H,4,6H2,1H3,(H2,18,19,20,22)/t12-,14+/m0/s1. The molecule has 0 unspecified atom stereocenters. The van der Waals surface area contributed by atoms with Crippen molar-refractivity contribution in [2.75, 3.05) is 18.9 Å². The van der Waals surface area contributed by atoms with E-state index in [1.54, 1.807) is 0 Å². The molecule has 1 aromatic heterocycles. The van der Waals surface area contributed by atoms with E-state index in [0.29, 0.717) is 17.8 Å². The van der Waals surface area contributed by atoms with Crippen molar-refractivity contribution in [3.8, 4) is 0 Å². The highest BCUT2D eigenvalue weighted by molar-refractivity contribution is 5.88. The lowest BCUT2D eigenvalue weighted by atomic mass is 10.00. The molecular formula is C15H16F2N4O2. The number of rotatable bonds is 3. The Morgan fingerprint density at radius 3 is 2.87 bits per heavy atom. The number of hydrogen-bond acceptors (Lipinski definition) is 4. The number of carbonyl (C=O) groups excluding carboxylic acids is 1. The summed E-state index contributed by atoms with van der Waals surface area (Å²) in [4.78, 5) is 14.0. The third-order valence-corrected chi connectivity index (χ3v) is 3.93. The minimum atomic E-state index is -0.895. The molecule has 0 saturated carbocycles. The van der Waals surface area contributed by atoms with Crippen LogP contribution in [0, 0.1) is 11.6 Å². The first-order valence-electron chi connectivity index (χ1n) is 7.17. The molecule has 0 radical (unpaired) electrons. The molecule has 1 fully saturated rings. The molecule has 2 atom stereocenters. The van der Waals surface area contributed by atoms with Crippen LogP contribution in [0.15, 0.2) is 35.1 Å². The molecule has 8 heteroatoms. The summed E-state index contributed by atoms with van der Waals surface area (Å²) < 4.78 is 31.2. The Kier molecular flexibility index (Phi) is 4.24. The zero-order valence-corrected chi connectivity index (χ0v) is 12.4. The van der Waals surface area contributed by atoms with E-state index in [4.69, 9.17) is 0 Å². The van der Waals surface area contributed by atoms with Crippen LogP contribution >= 0.6 is 0 Å². The summed E-state index contributed by atoms with van der Waals surface area (Å²) in [6, 6.07) is 4.45. The van der Waals surface area contributed by atoms with Gasteiger partial charge in [-0.1, -0.05) is 11.2 Å². The van der Waals surface area contributed by atoms with Crippen molar-refractivity contribution in [3.63, 3.8) is 0 Å². The maximum Gasteiger partial charge on any atom is 0.320 e. The molecule has 2 aromatic rings. The first-order valence-corrected chi connectivity index (χ1v) is 7.17. The second kappa shape index (κ2) is 6.33. The molecule has 0 aliphatic carbocycles. The topological polar surface area (TPSA) is 70.4 Å². The van der Waals surface area contributed by atoms with Gasteiger partial charge >= 0.3 is 6.03 Å². The second-order valence-corrected chi connectivity index (χ2v) is 5.48. The van der Waals surface area contributed by atoms with Crippen molar-refractivity contribution in [1.82, 2.24) is 15.4 Å². The van der Waals surface area contributed by atoms with Gasteiger partial charge in [0.25, 0.3) is 0 Å². The second-order valence-electron chi connectivity index (χ2n) is 5.48. The Labute approximate surface area is 131 Å². The number of hydrogen-bond donors (Lipinski definition) is 2. The van der Waals surface area contributed by atoms with Crippen LogP contribution in [0.1, 0.15) is 18.0 Å². The van der Waals surface area contributed by atoms with Gasteiger partial charge in [0.05, 0.1) is 12.1 Å². The molecule has 1 saturated heterocycles. The van der Waals surface area contributed by atoms with Gasteiger partial charge in [-0.15, -0.1) is 0 Å². The predicted octanol–water partition coefficient (Wildman–Crippen LogP) is 2.52. The van der Waals surface area contributed by atoms with Gasteiger partial charge in [0.15, 0.2) is 17.5 Å². The maximum absolute atomic E-state index is 13.5. The molecule has 1 aliphatic rings. The Bertz CT molecular complexity index is 693. The number of nitrogens with one attached hydrogen (secondary N) is 2. The summed E-state index contributed by atoms with van der Waals surface area (Å²) in [6.07, 6.45) is 2.05. The van der Waals surface area contributed by atoms with Crippen molar-refractivity contribution < 1.29 is 18.1 Å². The molecule has 122 valence electrons. The number of halogens is 2. The summed E-state index contributed by atoms with van der Waals surface area (Å²) in [5, 5.41) is 8.98. The number of carbonyl (C=O) groups is 1. The van der Waals surface area contributed by atoms with Crippen LogP contribution in [-0.2, 0) is 0 Å². The maximum atomic E-state index is 13.5. The predicted molar refractivity (Wildman–Crippen MR) is 78.8 cm³/mol. The van der Waals surface area contributed by atoms with Gasteiger partial charge in [-0.2, -0.15) is 0 Å². The van der Waals surface area contributed by atoms with E-state index in [1.165, 1.54) is 24.5 Å². The first kappa shape index (κ1) is 15.4. The molecule has 1 aliphatic heterocycles. The van der Waals surface area contributed by atoms with Crippen molar-refractivity contribution >= 4 is 11.8 Å². The normalized spacial score (nSPS) is 21.3. The average Bonchev–Trinajstić information content (AvgIpc) is 3.12. The van der Waals surface area contributed by atoms with Crippen LogP contribution in [0.5, 0.6) is 0 Å². The van der Waals surface area contributed by atoms with Gasteiger partial charge in [-0.3, -0.25) is 10.2 Å². The molecule has 3 rings (SSSR count). The lowest BCUT2D eigenvalue weighted by Crippen LogP contribution is -2.41. The molecule has 6 nitrogen and oxygen atoms in total. The van der Waals surface area contributed by atoms with Gasteiger partial charge in [0, 0.05) is 12.6 Å². The largest absolute Gasteiger partial charge is 0.363 e. The molecular weight excluding hydrogens is 306 g/mol. The van der Waals surface area contributed by atoms with Gasteiger partial charge in [-0.25, -0.2) is 13.6 Å². The number of aromatic nitrogens is 1. The van der Waals surface area contributed by atoms with E-state index >= 15 is 0 Å². The third kappa shape index (κ3) is 3.31. The van der Waals surface area contributed by atoms with Crippen LogP contribution in [0.3, 0.4) is 0 Å². The molecule has 23 heavy (non-hydrogen) atoms. The summed E-state index contributed by atoms with van der Waals surface area (Å²) in [7, 11) is 1.88. The number of benzene rings is 1. The Morgan fingerprint density at radius 1 is 1.35 bits per heavy atom. The molecule has 2 N–H and O–H groups in total. The van der Waals surface area contributed by atoms with Crippen LogP contribution in [0.2, 0.25) is 0 Å². The van der Waals surface area contributed by atoms with Crippen molar-refractivity contribution in [1.29, 1.82) is 0 Å². The van der Waals surface area contributed by atoms with Crippen LogP contribution in [-0.4, -0.2) is 35.7 Å². The van der Waals surface area contributed by atoms with Gasteiger partial charge < -0.3 is 9.84 Å². The number of urea groups is 1. The zero-order chi connectivity index (χ0) is 16.4. The highest BCUT2D eigenvalue weighted by atomic mass is 19.2. The minimum absolute atomic E-state index is 0.225. The summed E-state index contributed by atoms with van der Waals surface area (Å²) in [5.41, 5.74) is 0.621. The van der Waals surface area contributed by atoms with Crippen molar-refractivity contribution in [2.24, 2.45) is 0 Å². The quantitative estimate of drug-likeness (QED) is 0.911. The van der Waals surface area contributed by atoms with E-state index in [-0.39, 0.29) is 12.1 Å². The SMILES string of the molecule is CN1CC[C@H](NC(=O)Nc2ccon2)[C@H]1c1ccc(F)c(F)c1. The number of anilines is 1. The van der Waals surface area contributed by atoms with Crippen molar-refractivity contribution in [2.45, 2.75) is 18.5 Å². The number of amides is 2. The smallest absolute Gasteiger partial charge is 0.320 e. The molecule has 2 amide bonds. The molecule has 0 spiro atoms. The monoisotopic (exact) mass is 322 g/mol. The van der Waals surface area contributed by atoms with Crippen molar-refractivity contribution in [3.05, 3.63) is 47.7 Å². The zero-order valence-electron chi connectivity index (χ0n) is 12.4. The van der Waals surface area contributed by atoms with E-state index < -0.39 is 17.7 Å². The van der Waals surface area contributed by atoms with E-state index in [9.17, 15) is 13.6 Å². The Hall–Kier alpha value is -2.48. The van der Waals surface area contributed by atoms with Gasteiger partial charge in [0.1, 0.15) is 6.26 Å². The molecule has 1 aromatic carbocycles. The summed E-state index contributed by atoms with van der Waals surface area (Å²) >= 11 is 0. The fraction of sp³-hybridized carbons (Fsp3) is 0.333. The first-order chi connectivity index (χ1) is 11.0. The number of nitrogens with zero attached hydrogens (tertiary/aromatic N) is 2. The van der Waals surface area contributed by atoms with Crippen LogP contribution in [0.4, 0.5) is 19.4 Å². The molecule has 2 heterocycles. The highest BCUT2D eigenvalue weighted by Gasteiger charge is 2.34. The number of likely N-dealkylation sites (N-methyl/N-ethyl adjacent to an activating group) is 1. The molecule has 0 bridgehead atoms. The minimum Gasteiger partial charge on any atom is -0.363 e. The van der Waals surface area contributed by atoms with E-state index in [1.807, 2.05) is 11.9 Å². The Morgan fingerprint density at radius 2 is 2.17 bits per heavy atom. The fourth-order valence-electron chi connectivity index (χ4n) is 2.88. The van der Waals surface area contributed by atoms with Crippen LogP contribution < -0.4 is 10.6 Å². The lowest BCUT2D eigenvalue weighted by molar-refractivity contribution is 0.240. The van der Waals surface area contributed by atoms with Crippen LogP contribution in [0.25, 0.3) is 0 Å². The number of likely N-dealkylation sites (tertiary alicyclic amines) is 1. The van der Waals surface area contributed by atoms with Gasteiger partial charge in [0.2, 0.25) is 0 Å². The Balaban J connectivity index is 1.73. The van der Waals surface area contributed by atoms with E-state index in [0.717, 1.165) is 12.6 Å². The third-order valence-electron chi connectivity index (χ3n) is 3.93. The lowest BCUT2D eigenvalue weighted by Gasteiger charge is -2.26. The summed E-state index contributed by atoms with van der Waals surface area (Å²) in [6.45, 7) is 0.735. The highest BCUT2D eigenvalue weighted by Crippen LogP contribution is 2.31.